The van der Waals surface area contributed by atoms with E-state index >= 15 is 0 Å². The molecule has 1 heterocycles. The smallest absolute Gasteiger partial charge is 0.338 e. The van der Waals surface area contributed by atoms with Gasteiger partial charge in [-0.25, -0.2) is 22.9 Å². The summed E-state index contributed by atoms with van der Waals surface area (Å²) >= 11 is 1.39. The van der Waals surface area contributed by atoms with Gasteiger partial charge in [0.15, 0.2) is 5.13 Å². The third-order valence-electron chi connectivity index (χ3n) is 3.98. The lowest BCUT2D eigenvalue weighted by atomic mass is 10.2. The molecule has 2 N–H and O–H groups in total. The minimum atomic E-state index is -3.56. The summed E-state index contributed by atoms with van der Waals surface area (Å²) in [5.41, 5.74) is 1.73. The highest BCUT2D eigenvalue weighted by molar-refractivity contribution is 7.89. The van der Waals surface area contributed by atoms with Crippen molar-refractivity contribution in [1.29, 1.82) is 0 Å². The summed E-state index contributed by atoms with van der Waals surface area (Å²) in [5, 5.41) is 5.64. The second kappa shape index (κ2) is 9.70. The van der Waals surface area contributed by atoms with Gasteiger partial charge in [-0.15, -0.1) is 11.3 Å². The highest BCUT2D eigenvalue weighted by Crippen LogP contribution is 2.23. The zero-order chi connectivity index (χ0) is 21.6. The molecule has 0 aliphatic rings. The molecule has 0 unspecified atom stereocenters. The number of carbonyl (C=O) groups excluding carboxylic acids is 1. The topological polar surface area (TPSA) is 107 Å². The molecule has 0 bridgehead atoms. The molecule has 0 spiro atoms. The summed E-state index contributed by atoms with van der Waals surface area (Å²) < 4.78 is 36.7. The van der Waals surface area contributed by atoms with Crippen molar-refractivity contribution in [2.75, 3.05) is 19.0 Å². The van der Waals surface area contributed by atoms with E-state index < -0.39 is 16.0 Å². The van der Waals surface area contributed by atoms with Crippen LogP contribution in [0.2, 0.25) is 0 Å². The fraction of sp³-hybridized carbons (Fsp3) is 0.200. The first-order valence-electron chi connectivity index (χ1n) is 9.03. The maximum atomic E-state index is 12.2. The Labute approximate surface area is 178 Å². The van der Waals surface area contributed by atoms with Crippen molar-refractivity contribution in [3.8, 4) is 5.75 Å². The van der Waals surface area contributed by atoms with Gasteiger partial charge in [-0.2, -0.15) is 0 Å². The van der Waals surface area contributed by atoms with Crippen molar-refractivity contribution in [2.24, 2.45) is 0 Å². The Morgan fingerprint density at radius 3 is 2.43 bits per heavy atom. The zero-order valence-corrected chi connectivity index (χ0v) is 18.0. The Balaban J connectivity index is 1.56. The Hall–Kier alpha value is -2.95. The number of methoxy groups -OCH3 is 1. The monoisotopic (exact) mass is 447 g/mol. The molecule has 2 aromatic carbocycles. The van der Waals surface area contributed by atoms with Crippen LogP contribution in [0.5, 0.6) is 5.75 Å². The summed E-state index contributed by atoms with van der Waals surface area (Å²) in [5.74, 6) is 0.208. The van der Waals surface area contributed by atoms with Crippen LogP contribution >= 0.6 is 11.3 Å². The van der Waals surface area contributed by atoms with Crippen LogP contribution in [-0.4, -0.2) is 33.0 Å². The van der Waals surface area contributed by atoms with Crippen LogP contribution in [-0.2, 0) is 21.4 Å². The average Bonchev–Trinajstić information content (AvgIpc) is 3.20. The van der Waals surface area contributed by atoms with E-state index in [2.05, 4.69) is 15.0 Å². The van der Waals surface area contributed by atoms with Gasteiger partial charge < -0.3 is 14.8 Å². The number of thiazole rings is 1. The molecule has 3 rings (SSSR count). The van der Waals surface area contributed by atoms with Crippen LogP contribution < -0.4 is 14.8 Å². The van der Waals surface area contributed by atoms with Crippen LogP contribution in [0.4, 0.5) is 10.8 Å². The second-order valence-corrected chi connectivity index (χ2v) is 8.72. The second-order valence-electron chi connectivity index (χ2n) is 6.10. The van der Waals surface area contributed by atoms with Crippen molar-refractivity contribution in [3.63, 3.8) is 0 Å². The first-order chi connectivity index (χ1) is 14.4. The van der Waals surface area contributed by atoms with E-state index in [1.54, 1.807) is 19.4 Å². The van der Waals surface area contributed by atoms with Gasteiger partial charge in [0, 0.05) is 17.6 Å². The van der Waals surface area contributed by atoms with Crippen molar-refractivity contribution < 1.29 is 22.7 Å². The SMILES string of the molecule is CCNS(=O)(=O)c1ccc(C(=O)OCc2csc(Nc3ccc(OC)cc3)n2)cc1. The fourth-order valence-corrected chi connectivity index (χ4v) is 4.25. The summed E-state index contributed by atoms with van der Waals surface area (Å²) in [6, 6.07) is 13.0. The predicted molar refractivity (Wildman–Crippen MR) is 115 cm³/mol. The molecule has 30 heavy (non-hydrogen) atoms. The molecule has 1 aromatic heterocycles. The standard InChI is InChI=1S/C20H21N3O5S2/c1-3-21-30(25,26)18-10-4-14(5-11-18)19(24)28-12-16-13-29-20(23-16)22-15-6-8-17(27-2)9-7-15/h4-11,13,21H,3,12H2,1-2H3,(H,22,23). The largest absolute Gasteiger partial charge is 0.497 e. The Morgan fingerprint density at radius 2 is 1.80 bits per heavy atom. The fourth-order valence-electron chi connectivity index (χ4n) is 2.49. The number of ether oxygens (including phenoxy) is 2. The van der Waals surface area contributed by atoms with Gasteiger partial charge in [0.05, 0.1) is 23.3 Å². The first-order valence-corrected chi connectivity index (χ1v) is 11.4. The maximum Gasteiger partial charge on any atom is 0.338 e. The Kier molecular flexibility index (Phi) is 7.03. The lowest BCUT2D eigenvalue weighted by molar-refractivity contribution is 0.0468. The van der Waals surface area contributed by atoms with E-state index in [-0.39, 0.29) is 23.6 Å². The molecule has 3 aromatic rings. The van der Waals surface area contributed by atoms with Crippen molar-refractivity contribution in [1.82, 2.24) is 9.71 Å². The van der Waals surface area contributed by atoms with E-state index in [4.69, 9.17) is 9.47 Å². The lowest BCUT2D eigenvalue weighted by Crippen LogP contribution is -2.23. The molecule has 0 atom stereocenters. The van der Waals surface area contributed by atoms with Crippen LogP contribution in [0.15, 0.2) is 58.8 Å². The molecule has 0 aliphatic heterocycles. The number of sulfonamides is 1. The highest BCUT2D eigenvalue weighted by atomic mass is 32.2. The number of hydrogen-bond donors (Lipinski definition) is 2. The molecule has 0 saturated carbocycles. The first kappa shape index (κ1) is 21.8. The van der Waals surface area contributed by atoms with Gasteiger partial charge in [-0.3, -0.25) is 0 Å². The van der Waals surface area contributed by atoms with Crippen LogP contribution in [0.25, 0.3) is 0 Å². The van der Waals surface area contributed by atoms with Crippen molar-refractivity contribution in [2.45, 2.75) is 18.4 Å². The summed E-state index contributed by atoms with van der Waals surface area (Å²) in [6.45, 7) is 1.99. The van der Waals surface area contributed by atoms with E-state index in [0.29, 0.717) is 10.8 Å². The van der Waals surface area contributed by atoms with Crippen LogP contribution in [0.1, 0.15) is 23.0 Å². The molecule has 158 valence electrons. The number of nitrogens with one attached hydrogen (secondary N) is 2. The third kappa shape index (κ3) is 5.56. The molecule has 0 aliphatic carbocycles. The van der Waals surface area contributed by atoms with Crippen LogP contribution in [0.3, 0.4) is 0 Å². The molecular formula is C20H21N3O5S2. The lowest BCUT2D eigenvalue weighted by Gasteiger charge is -2.06. The third-order valence-corrected chi connectivity index (χ3v) is 6.35. The van der Waals surface area contributed by atoms with Crippen molar-refractivity contribution >= 4 is 38.1 Å². The van der Waals surface area contributed by atoms with E-state index in [1.165, 1.54) is 35.6 Å². The van der Waals surface area contributed by atoms with Gasteiger partial charge in [0.2, 0.25) is 10.0 Å². The average molecular weight is 448 g/mol. The number of aromatic nitrogens is 1. The molecule has 0 saturated heterocycles. The van der Waals surface area contributed by atoms with E-state index in [9.17, 15) is 13.2 Å². The number of hydrogen-bond acceptors (Lipinski definition) is 8. The summed E-state index contributed by atoms with van der Waals surface area (Å²) in [7, 11) is -1.95. The van der Waals surface area contributed by atoms with E-state index in [1.807, 2.05) is 24.3 Å². The van der Waals surface area contributed by atoms with Gasteiger partial charge in [-0.1, -0.05) is 6.92 Å². The number of rotatable bonds is 9. The molecule has 8 nitrogen and oxygen atoms in total. The number of carbonyl (C=O) groups is 1. The molecule has 0 radical (unpaired) electrons. The highest BCUT2D eigenvalue weighted by Gasteiger charge is 2.15. The van der Waals surface area contributed by atoms with Crippen LogP contribution in [0, 0.1) is 0 Å². The Morgan fingerprint density at radius 1 is 1.10 bits per heavy atom. The summed E-state index contributed by atoms with van der Waals surface area (Å²) in [4.78, 5) is 16.7. The number of anilines is 2. The predicted octanol–water partition coefficient (Wildman–Crippen LogP) is 3.55. The van der Waals surface area contributed by atoms with Gasteiger partial charge in [0.1, 0.15) is 12.4 Å². The number of esters is 1. The molecule has 10 heteroatoms. The molecule has 0 amide bonds. The van der Waals surface area contributed by atoms with E-state index in [0.717, 1.165) is 11.4 Å². The van der Waals surface area contributed by atoms with Gasteiger partial charge >= 0.3 is 5.97 Å². The minimum Gasteiger partial charge on any atom is -0.497 e. The van der Waals surface area contributed by atoms with Crippen molar-refractivity contribution in [3.05, 3.63) is 65.2 Å². The van der Waals surface area contributed by atoms with Gasteiger partial charge in [0.25, 0.3) is 0 Å². The zero-order valence-electron chi connectivity index (χ0n) is 16.4. The molecule has 0 fully saturated rings. The normalized spacial score (nSPS) is 11.1. The quantitative estimate of drug-likeness (QED) is 0.483. The number of nitrogens with zero attached hydrogens (tertiary/aromatic N) is 1. The summed E-state index contributed by atoms with van der Waals surface area (Å²) in [6.07, 6.45) is 0. The number of benzene rings is 2. The Bertz CT molecular complexity index is 1090. The van der Waals surface area contributed by atoms with Gasteiger partial charge in [-0.05, 0) is 48.5 Å². The minimum absolute atomic E-state index is 0.0110. The maximum absolute atomic E-state index is 12.2. The molecular weight excluding hydrogens is 426 g/mol.